The van der Waals surface area contributed by atoms with Gasteiger partial charge in [0.1, 0.15) is 11.4 Å². The Morgan fingerprint density at radius 1 is 1.17 bits per heavy atom. The molecule has 2 heterocycles. The zero-order valence-corrected chi connectivity index (χ0v) is 10.4. The van der Waals surface area contributed by atoms with Crippen molar-refractivity contribution in [3.8, 4) is 17.1 Å². The number of aldehydes is 1. The van der Waals surface area contributed by atoms with Crippen molar-refractivity contribution >= 4 is 6.29 Å². The van der Waals surface area contributed by atoms with E-state index >= 15 is 0 Å². The lowest BCUT2D eigenvalue weighted by Gasteiger charge is -2.08. The van der Waals surface area contributed by atoms with Gasteiger partial charge < -0.3 is 14.7 Å². The van der Waals surface area contributed by atoms with Crippen molar-refractivity contribution in [1.82, 2.24) is 9.97 Å². The van der Waals surface area contributed by atoms with Gasteiger partial charge in [0, 0.05) is 11.8 Å². The van der Waals surface area contributed by atoms with Gasteiger partial charge in [-0.25, -0.2) is 0 Å². The van der Waals surface area contributed by atoms with Gasteiger partial charge in [-0.05, 0) is 37.3 Å². The molecule has 4 nitrogen and oxygen atoms in total. The molecule has 94 valence electrons. The fourth-order valence-corrected chi connectivity index (χ4v) is 2.60. The number of aryl methyl sites for hydroxylation is 2. The van der Waals surface area contributed by atoms with Crippen molar-refractivity contribution in [2.75, 3.05) is 7.11 Å². The van der Waals surface area contributed by atoms with E-state index in [1.165, 1.54) is 24.1 Å². The van der Waals surface area contributed by atoms with Crippen LogP contribution in [0.1, 0.15) is 34.6 Å². The number of rotatable bonds is 3. The number of carbonyl (C=O) groups excluding carboxylic acids is 1. The molecule has 0 unspecified atom stereocenters. The van der Waals surface area contributed by atoms with Crippen LogP contribution >= 0.6 is 0 Å². The van der Waals surface area contributed by atoms with Crippen molar-refractivity contribution in [3.63, 3.8) is 0 Å². The largest absolute Gasteiger partial charge is 0.494 e. The molecule has 2 N–H and O–H groups in total. The normalized spacial score (nSPS) is 14.3. The number of hydrogen-bond donors (Lipinski definition) is 2. The second-order valence-corrected chi connectivity index (χ2v) is 4.68. The Balaban J connectivity index is 2.01. The number of ether oxygens (including phenoxy) is 1. The van der Waals surface area contributed by atoms with Crippen LogP contribution in [0.15, 0.2) is 12.1 Å². The summed E-state index contributed by atoms with van der Waals surface area (Å²) in [6.45, 7) is 0. The minimum atomic E-state index is 0.486. The van der Waals surface area contributed by atoms with Crippen molar-refractivity contribution in [2.45, 2.75) is 25.7 Å². The third-order valence-corrected chi connectivity index (χ3v) is 3.55. The second-order valence-electron chi connectivity index (χ2n) is 4.68. The molecule has 0 fully saturated rings. The first-order chi connectivity index (χ1) is 8.81. The Bertz CT molecular complexity index is 557. The molecule has 0 atom stereocenters. The molecule has 1 aliphatic carbocycles. The number of H-pyrrole nitrogens is 2. The maximum Gasteiger partial charge on any atom is 0.170 e. The Hall–Kier alpha value is -1.97. The molecular formula is C14H16N2O2. The Morgan fingerprint density at radius 2 is 1.94 bits per heavy atom. The van der Waals surface area contributed by atoms with E-state index in [0.29, 0.717) is 11.4 Å². The lowest BCUT2D eigenvalue weighted by Crippen LogP contribution is -1.99. The average molecular weight is 244 g/mol. The van der Waals surface area contributed by atoms with Crippen LogP contribution < -0.4 is 4.74 Å². The van der Waals surface area contributed by atoms with E-state index in [2.05, 4.69) is 16.0 Å². The number of aromatic nitrogens is 2. The smallest absolute Gasteiger partial charge is 0.170 e. The van der Waals surface area contributed by atoms with E-state index in [1.807, 2.05) is 6.07 Å². The van der Waals surface area contributed by atoms with Crippen LogP contribution in [-0.4, -0.2) is 23.4 Å². The van der Waals surface area contributed by atoms with E-state index < -0.39 is 0 Å². The lowest BCUT2D eigenvalue weighted by atomic mass is 9.98. The summed E-state index contributed by atoms with van der Waals surface area (Å²) in [4.78, 5) is 17.4. The van der Waals surface area contributed by atoms with Gasteiger partial charge >= 0.3 is 0 Å². The zero-order chi connectivity index (χ0) is 12.5. The van der Waals surface area contributed by atoms with Gasteiger partial charge in [0.05, 0.1) is 18.5 Å². The number of nitrogens with one attached hydrogen (secondary N) is 2. The minimum absolute atomic E-state index is 0.486. The van der Waals surface area contributed by atoms with Gasteiger partial charge in [0.25, 0.3) is 0 Å². The van der Waals surface area contributed by atoms with Crippen molar-refractivity contribution in [1.29, 1.82) is 0 Å². The molecule has 0 saturated carbocycles. The number of hydrogen-bond acceptors (Lipinski definition) is 2. The lowest BCUT2D eigenvalue weighted by molar-refractivity contribution is 0.111. The third kappa shape index (κ3) is 1.74. The van der Waals surface area contributed by atoms with Gasteiger partial charge in [-0.2, -0.15) is 0 Å². The molecule has 0 radical (unpaired) electrons. The molecule has 18 heavy (non-hydrogen) atoms. The molecule has 2 aromatic heterocycles. The summed E-state index contributed by atoms with van der Waals surface area (Å²) in [6, 6.07) is 4.04. The van der Waals surface area contributed by atoms with E-state index in [9.17, 15) is 4.79 Å². The molecule has 0 amide bonds. The second kappa shape index (κ2) is 4.37. The Kier molecular flexibility index (Phi) is 2.70. The van der Waals surface area contributed by atoms with Crippen LogP contribution in [0.25, 0.3) is 11.4 Å². The highest BCUT2D eigenvalue weighted by atomic mass is 16.5. The molecule has 3 rings (SSSR count). The van der Waals surface area contributed by atoms with Crippen LogP contribution in [-0.2, 0) is 12.8 Å². The summed E-state index contributed by atoms with van der Waals surface area (Å²) in [6.07, 6.45) is 5.56. The van der Waals surface area contributed by atoms with Crippen LogP contribution in [0.5, 0.6) is 5.75 Å². The Labute approximate surface area is 105 Å². The van der Waals surface area contributed by atoms with Crippen LogP contribution in [0, 0.1) is 0 Å². The molecule has 0 spiro atoms. The number of aromatic amines is 2. The monoisotopic (exact) mass is 244 g/mol. The van der Waals surface area contributed by atoms with Crippen LogP contribution in [0.4, 0.5) is 0 Å². The maximum atomic E-state index is 10.9. The highest BCUT2D eigenvalue weighted by Gasteiger charge is 2.16. The standard InChI is InChI=1S/C14H16N2O2/c1-18-14-7-12(16-13(14)8-17)11-6-9-4-2-3-5-10(9)15-11/h6-8,15-16H,2-5H2,1H3. The van der Waals surface area contributed by atoms with E-state index in [4.69, 9.17) is 4.74 Å². The first-order valence-electron chi connectivity index (χ1n) is 6.25. The first kappa shape index (κ1) is 11.1. The number of fused-ring (bicyclic) bond motifs is 1. The van der Waals surface area contributed by atoms with E-state index in [0.717, 1.165) is 30.5 Å². The molecule has 0 saturated heterocycles. The van der Waals surface area contributed by atoms with Crippen molar-refractivity contribution in [2.24, 2.45) is 0 Å². The highest BCUT2D eigenvalue weighted by molar-refractivity contribution is 5.80. The summed E-state index contributed by atoms with van der Waals surface area (Å²) in [5, 5.41) is 0. The summed E-state index contributed by atoms with van der Waals surface area (Å²) in [5.41, 5.74) is 5.16. The highest BCUT2D eigenvalue weighted by Crippen LogP contribution is 2.30. The quantitative estimate of drug-likeness (QED) is 0.815. The molecule has 1 aliphatic rings. The summed E-state index contributed by atoms with van der Waals surface area (Å²) < 4.78 is 5.16. The van der Waals surface area contributed by atoms with Crippen molar-refractivity contribution in [3.05, 3.63) is 29.1 Å². The fraction of sp³-hybridized carbons (Fsp3) is 0.357. The van der Waals surface area contributed by atoms with Gasteiger partial charge in [0.2, 0.25) is 0 Å². The number of methoxy groups -OCH3 is 1. The summed E-state index contributed by atoms with van der Waals surface area (Å²) in [7, 11) is 1.57. The zero-order valence-electron chi connectivity index (χ0n) is 10.4. The predicted octanol–water partition coefficient (Wildman–Crippen LogP) is 2.71. The van der Waals surface area contributed by atoms with Crippen LogP contribution in [0.3, 0.4) is 0 Å². The third-order valence-electron chi connectivity index (χ3n) is 3.55. The minimum Gasteiger partial charge on any atom is -0.494 e. The molecular weight excluding hydrogens is 228 g/mol. The summed E-state index contributed by atoms with van der Waals surface area (Å²) >= 11 is 0. The number of carbonyl (C=O) groups is 1. The Morgan fingerprint density at radius 3 is 2.61 bits per heavy atom. The first-order valence-corrected chi connectivity index (χ1v) is 6.25. The molecule has 4 heteroatoms. The van der Waals surface area contributed by atoms with Gasteiger partial charge in [-0.15, -0.1) is 0 Å². The van der Waals surface area contributed by atoms with Crippen molar-refractivity contribution < 1.29 is 9.53 Å². The molecule has 0 aromatic carbocycles. The van der Waals surface area contributed by atoms with Crippen LogP contribution in [0.2, 0.25) is 0 Å². The van der Waals surface area contributed by atoms with E-state index in [-0.39, 0.29) is 0 Å². The molecule has 0 bridgehead atoms. The maximum absolute atomic E-state index is 10.9. The molecule has 2 aromatic rings. The van der Waals surface area contributed by atoms with Gasteiger partial charge in [-0.3, -0.25) is 4.79 Å². The van der Waals surface area contributed by atoms with E-state index in [1.54, 1.807) is 7.11 Å². The van der Waals surface area contributed by atoms with Gasteiger partial charge in [0.15, 0.2) is 6.29 Å². The predicted molar refractivity (Wildman–Crippen MR) is 69.2 cm³/mol. The fourth-order valence-electron chi connectivity index (χ4n) is 2.60. The summed E-state index contributed by atoms with van der Waals surface area (Å²) in [5.74, 6) is 0.590. The van der Waals surface area contributed by atoms with Gasteiger partial charge in [-0.1, -0.05) is 0 Å². The average Bonchev–Trinajstić information content (AvgIpc) is 3.01. The topological polar surface area (TPSA) is 57.9 Å². The molecule has 0 aliphatic heterocycles. The SMILES string of the molecule is COc1cc(-c2cc3c([nH]2)CCCC3)[nH]c1C=O.